The minimum atomic E-state index is 0.445. The first-order valence-electron chi connectivity index (χ1n) is 7.05. The third-order valence-corrected chi connectivity index (χ3v) is 3.97. The zero-order valence-electron chi connectivity index (χ0n) is 11.9. The molecule has 1 N–H and O–H groups in total. The molecule has 1 atom stereocenters. The molecular weight excluding hydrogens is 220 g/mol. The van der Waals surface area contributed by atoms with Crippen LogP contribution >= 0.6 is 0 Å². The highest BCUT2D eigenvalue weighted by molar-refractivity contribution is 5.19. The third kappa shape index (κ3) is 3.56. The fourth-order valence-corrected chi connectivity index (χ4v) is 3.01. The Bertz CT molecular complexity index is 359. The Morgan fingerprint density at radius 3 is 2.61 bits per heavy atom. The van der Waals surface area contributed by atoms with Gasteiger partial charge in [-0.2, -0.15) is 0 Å². The highest BCUT2D eigenvalue weighted by Crippen LogP contribution is 2.29. The van der Waals surface area contributed by atoms with Crippen molar-refractivity contribution in [3.8, 4) is 0 Å². The average molecular weight is 246 g/mol. The number of rotatable bonds is 4. The fraction of sp³-hybridized carbons (Fsp3) is 0.625. The number of hydrogen-bond acceptors (Lipinski definition) is 2. The zero-order valence-corrected chi connectivity index (χ0v) is 11.9. The zero-order chi connectivity index (χ0) is 13.0. The number of piperidine rings is 1. The molecule has 0 aromatic heterocycles. The van der Waals surface area contributed by atoms with Crippen LogP contribution < -0.4 is 5.32 Å². The van der Waals surface area contributed by atoms with Gasteiger partial charge in [0.05, 0.1) is 0 Å². The number of nitrogens with zero attached hydrogens (tertiary/aromatic N) is 1. The Morgan fingerprint density at radius 2 is 2.00 bits per heavy atom. The molecule has 1 unspecified atom stereocenters. The van der Waals surface area contributed by atoms with E-state index < -0.39 is 0 Å². The lowest BCUT2D eigenvalue weighted by Crippen LogP contribution is -2.43. The van der Waals surface area contributed by atoms with Gasteiger partial charge < -0.3 is 10.2 Å². The highest BCUT2D eigenvalue weighted by Gasteiger charge is 2.27. The molecule has 0 saturated carbocycles. The molecule has 2 nitrogen and oxygen atoms in total. The third-order valence-electron chi connectivity index (χ3n) is 3.97. The van der Waals surface area contributed by atoms with Crippen molar-refractivity contribution >= 4 is 0 Å². The van der Waals surface area contributed by atoms with Gasteiger partial charge in [-0.3, -0.25) is 0 Å². The van der Waals surface area contributed by atoms with Gasteiger partial charge in [-0.05, 0) is 37.4 Å². The van der Waals surface area contributed by atoms with Gasteiger partial charge in [-0.25, -0.2) is 0 Å². The Morgan fingerprint density at radius 1 is 1.28 bits per heavy atom. The van der Waals surface area contributed by atoms with E-state index >= 15 is 0 Å². The maximum atomic E-state index is 3.45. The van der Waals surface area contributed by atoms with Crippen LogP contribution in [-0.4, -0.2) is 31.6 Å². The molecule has 1 saturated heterocycles. The van der Waals surface area contributed by atoms with Gasteiger partial charge in [0, 0.05) is 19.1 Å². The standard InChI is InChI=1S/C16H26N2/c1-16(2)10-7-11-18(13-16)12-15(17-3)14-8-5-4-6-9-14/h4-6,8-9,15,17H,7,10-13H2,1-3H3. The molecule has 1 aliphatic heterocycles. The molecule has 18 heavy (non-hydrogen) atoms. The fourth-order valence-electron chi connectivity index (χ4n) is 3.01. The second-order valence-electron chi connectivity index (χ2n) is 6.25. The molecule has 1 fully saturated rings. The SMILES string of the molecule is CNC(CN1CCCC(C)(C)C1)c1ccccc1. The van der Waals surface area contributed by atoms with E-state index in [2.05, 4.69) is 61.4 Å². The van der Waals surface area contributed by atoms with E-state index in [9.17, 15) is 0 Å². The van der Waals surface area contributed by atoms with E-state index in [-0.39, 0.29) is 0 Å². The van der Waals surface area contributed by atoms with Gasteiger partial charge in [0.2, 0.25) is 0 Å². The summed E-state index contributed by atoms with van der Waals surface area (Å²) in [6.07, 6.45) is 2.69. The second kappa shape index (κ2) is 5.85. The van der Waals surface area contributed by atoms with Gasteiger partial charge >= 0.3 is 0 Å². The van der Waals surface area contributed by atoms with Crippen molar-refractivity contribution < 1.29 is 0 Å². The topological polar surface area (TPSA) is 15.3 Å². The Labute approximate surface area is 111 Å². The molecule has 0 bridgehead atoms. The number of nitrogens with one attached hydrogen (secondary N) is 1. The first kappa shape index (κ1) is 13.6. The van der Waals surface area contributed by atoms with Crippen LogP contribution in [0.1, 0.15) is 38.3 Å². The van der Waals surface area contributed by atoms with E-state index in [1.165, 1.54) is 31.5 Å². The second-order valence-corrected chi connectivity index (χ2v) is 6.25. The van der Waals surface area contributed by atoms with Gasteiger partial charge in [0.1, 0.15) is 0 Å². The van der Waals surface area contributed by atoms with Crippen molar-refractivity contribution in [3.05, 3.63) is 35.9 Å². The molecule has 1 aliphatic rings. The molecule has 0 aliphatic carbocycles. The molecule has 0 radical (unpaired) electrons. The number of hydrogen-bond donors (Lipinski definition) is 1. The lowest BCUT2D eigenvalue weighted by Gasteiger charge is -2.39. The first-order valence-corrected chi connectivity index (χ1v) is 7.05. The molecule has 1 heterocycles. The van der Waals surface area contributed by atoms with Crippen molar-refractivity contribution in [1.29, 1.82) is 0 Å². The van der Waals surface area contributed by atoms with E-state index in [0.717, 1.165) is 6.54 Å². The maximum absolute atomic E-state index is 3.45. The van der Waals surface area contributed by atoms with Crippen LogP contribution in [-0.2, 0) is 0 Å². The Kier molecular flexibility index (Phi) is 4.41. The normalized spacial score (nSPS) is 21.7. The van der Waals surface area contributed by atoms with Gasteiger partial charge in [0.25, 0.3) is 0 Å². The van der Waals surface area contributed by atoms with Gasteiger partial charge in [-0.1, -0.05) is 44.2 Å². The quantitative estimate of drug-likeness (QED) is 0.878. The van der Waals surface area contributed by atoms with E-state index in [1.54, 1.807) is 0 Å². The van der Waals surface area contributed by atoms with Crippen molar-refractivity contribution in [3.63, 3.8) is 0 Å². The smallest absolute Gasteiger partial charge is 0.0446 e. The molecule has 2 rings (SSSR count). The molecular formula is C16H26N2. The summed E-state index contributed by atoms with van der Waals surface area (Å²) in [5.74, 6) is 0. The van der Waals surface area contributed by atoms with Crippen LogP contribution in [0.25, 0.3) is 0 Å². The molecule has 0 spiro atoms. The summed E-state index contributed by atoms with van der Waals surface area (Å²) in [5, 5.41) is 3.45. The number of likely N-dealkylation sites (N-methyl/N-ethyl adjacent to an activating group) is 1. The van der Waals surface area contributed by atoms with Crippen molar-refractivity contribution in [2.75, 3.05) is 26.7 Å². The predicted octanol–water partition coefficient (Wildman–Crippen LogP) is 3.07. The Hall–Kier alpha value is -0.860. The van der Waals surface area contributed by atoms with E-state index in [4.69, 9.17) is 0 Å². The molecule has 1 aromatic carbocycles. The minimum absolute atomic E-state index is 0.445. The van der Waals surface area contributed by atoms with E-state index in [0.29, 0.717) is 11.5 Å². The molecule has 2 heteroatoms. The number of likely N-dealkylation sites (tertiary alicyclic amines) is 1. The number of benzene rings is 1. The van der Waals surface area contributed by atoms with Crippen LogP contribution in [0.2, 0.25) is 0 Å². The monoisotopic (exact) mass is 246 g/mol. The van der Waals surface area contributed by atoms with Crippen LogP contribution in [0.5, 0.6) is 0 Å². The average Bonchev–Trinajstić information content (AvgIpc) is 2.36. The predicted molar refractivity (Wildman–Crippen MR) is 77.7 cm³/mol. The van der Waals surface area contributed by atoms with Gasteiger partial charge in [-0.15, -0.1) is 0 Å². The van der Waals surface area contributed by atoms with Gasteiger partial charge in [0.15, 0.2) is 0 Å². The van der Waals surface area contributed by atoms with Crippen LogP contribution in [0.15, 0.2) is 30.3 Å². The summed E-state index contributed by atoms with van der Waals surface area (Å²) in [6.45, 7) is 8.35. The molecule has 0 amide bonds. The summed E-state index contributed by atoms with van der Waals surface area (Å²) in [5.41, 5.74) is 1.87. The van der Waals surface area contributed by atoms with E-state index in [1.807, 2.05) is 0 Å². The molecule has 100 valence electrons. The highest BCUT2D eigenvalue weighted by atomic mass is 15.2. The van der Waals surface area contributed by atoms with Crippen molar-refractivity contribution in [2.24, 2.45) is 5.41 Å². The minimum Gasteiger partial charge on any atom is -0.312 e. The van der Waals surface area contributed by atoms with Crippen molar-refractivity contribution in [1.82, 2.24) is 10.2 Å². The van der Waals surface area contributed by atoms with Crippen LogP contribution in [0.4, 0.5) is 0 Å². The lowest BCUT2D eigenvalue weighted by atomic mass is 9.84. The lowest BCUT2D eigenvalue weighted by molar-refractivity contribution is 0.108. The summed E-state index contributed by atoms with van der Waals surface area (Å²) in [6, 6.07) is 11.2. The summed E-state index contributed by atoms with van der Waals surface area (Å²) in [7, 11) is 2.06. The largest absolute Gasteiger partial charge is 0.312 e. The van der Waals surface area contributed by atoms with Crippen LogP contribution in [0, 0.1) is 5.41 Å². The molecule has 1 aromatic rings. The summed E-state index contributed by atoms with van der Waals surface area (Å²) < 4.78 is 0. The van der Waals surface area contributed by atoms with Crippen LogP contribution in [0.3, 0.4) is 0 Å². The summed E-state index contributed by atoms with van der Waals surface area (Å²) in [4.78, 5) is 2.61. The maximum Gasteiger partial charge on any atom is 0.0446 e. The first-order chi connectivity index (χ1) is 8.61. The summed E-state index contributed by atoms with van der Waals surface area (Å²) >= 11 is 0. The van der Waals surface area contributed by atoms with Crippen molar-refractivity contribution in [2.45, 2.75) is 32.7 Å². The Balaban J connectivity index is 1.98.